The molecule has 136 valence electrons. The van der Waals surface area contributed by atoms with Crippen LogP contribution in [0.2, 0.25) is 0 Å². The van der Waals surface area contributed by atoms with Gasteiger partial charge in [-0.25, -0.2) is 0 Å². The van der Waals surface area contributed by atoms with E-state index in [9.17, 15) is 25.2 Å². The number of aliphatic hydroxyl groups is 3. The second-order valence-electron chi connectivity index (χ2n) is 6.11. The van der Waals surface area contributed by atoms with Gasteiger partial charge >= 0.3 is 0 Å². The van der Waals surface area contributed by atoms with Crippen LogP contribution in [0, 0.1) is 0 Å². The fourth-order valence-electron chi connectivity index (χ4n) is 2.95. The average molecular weight is 360 g/mol. The minimum atomic E-state index is -1.45. The second-order valence-corrected chi connectivity index (χ2v) is 6.11. The molecule has 1 aliphatic heterocycles. The zero-order chi connectivity index (χ0) is 18.4. The van der Waals surface area contributed by atoms with Gasteiger partial charge in [0.25, 0.3) is 0 Å². The first kappa shape index (κ1) is 16.8. The second kappa shape index (κ2) is 6.26. The third kappa shape index (κ3) is 2.69. The third-order valence-corrected chi connectivity index (χ3v) is 4.35. The van der Waals surface area contributed by atoms with Crippen LogP contribution in [0.3, 0.4) is 0 Å². The fourth-order valence-corrected chi connectivity index (χ4v) is 2.95. The van der Waals surface area contributed by atoms with Crippen LogP contribution in [0.1, 0.15) is 0 Å². The molecule has 0 aliphatic carbocycles. The molecular formula is C18H16O8. The lowest BCUT2D eigenvalue weighted by Crippen LogP contribution is -2.54. The number of rotatable bonds is 2. The molecule has 8 nitrogen and oxygen atoms in total. The number of aromatic hydroxyl groups is 1. The van der Waals surface area contributed by atoms with Gasteiger partial charge in [0, 0.05) is 0 Å². The molecule has 26 heavy (non-hydrogen) atoms. The van der Waals surface area contributed by atoms with Gasteiger partial charge < -0.3 is 34.3 Å². The minimum absolute atomic E-state index is 0.0599. The number of benzene rings is 2. The van der Waals surface area contributed by atoms with Gasteiger partial charge in [-0.2, -0.15) is 0 Å². The lowest BCUT2D eigenvalue weighted by atomic mass is 10.1. The summed E-state index contributed by atoms with van der Waals surface area (Å²) in [5, 5.41) is 39.3. The van der Waals surface area contributed by atoms with E-state index >= 15 is 0 Å². The number of fused-ring (bicyclic) bond motifs is 2. The molecule has 8 heteroatoms. The molecule has 0 unspecified atom stereocenters. The Labute approximate surface area is 146 Å². The van der Waals surface area contributed by atoms with E-state index in [-0.39, 0.29) is 34.5 Å². The van der Waals surface area contributed by atoms with E-state index in [1.807, 2.05) is 0 Å². The molecule has 0 spiro atoms. The molecular weight excluding hydrogens is 344 g/mol. The highest BCUT2D eigenvalue weighted by Gasteiger charge is 2.39. The summed E-state index contributed by atoms with van der Waals surface area (Å²) in [5.74, 6) is 0.0137. The van der Waals surface area contributed by atoms with Crippen molar-refractivity contribution in [2.75, 3.05) is 6.61 Å². The summed E-state index contributed by atoms with van der Waals surface area (Å²) in [4.78, 5) is 12.7. The summed E-state index contributed by atoms with van der Waals surface area (Å²) in [7, 11) is 0. The van der Waals surface area contributed by atoms with Crippen molar-refractivity contribution in [3.8, 4) is 11.5 Å². The third-order valence-electron chi connectivity index (χ3n) is 4.35. The molecule has 4 N–H and O–H groups in total. The van der Waals surface area contributed by atoms with Crippen molar-refractivity contribution in [2.24, 2.45) is 0 Å². The van der Waals surface area contributed by atoms with Crippen LogP contribution in [0.15, 0.2) is 45.6 Å². The van der Waals surface area contributed by atoms with Crippen molar-refractivity contribution >= 4 is 21.9 Å². The summed E-state index contributed by atoms with van der Waals surface area (Å²) in [6, 6.07) is 9.00. The molecule has 1 aliphatic rings. The summed E-state index contributed by atoms with van der Waals surface area (Å²) < 4.78 is 16.3. The van der Waals surface area contributed by atoms with Crippen molar-refractivity contribution in [3.63, 3.8) is 0 Å². The molecule has 1 saturated heterocycles. The van der Waals surface area contributed by atoms with E-state index in [1.54, 1.807) is 12.1 Å². The van der Waals surface area contributed by atoms with Crippen molar-refractivity contribution in [1.82, 2.24) is 0 Å². The largest absolute Gasteiger partial charge is 0.507 e. The molecule has 0 radical (unpaired) electrons. The predicted octanol–water partition coefficient (Wildman–Crippen LogP) is 0.470. The van der Waals surface area contributed by atoms with Gasteiger partial charge in [0.05, 0.1) is 12.0 Å². The highest BCUT2D eigenvalue weighted by molar-refractivity contribution is 5.93. The van der Waals surface area contributed by atoms with Crippen molar-refractivity contribution < 1.29 is 34.3 Å². The zero-order valence-electron chi connectivity index (χ0n) is 13.4. The molecule has 1 aromatic heterocycles. The Morgan fingerprint density at radius 1 is 1.04 bits per heavy atom. The normalized spacial score (nSPS) is 26.3. The van der Waals surface area contributed by atoms with Crippen molar-refractivity contribution in [2.45, 2.75) is 24.6 Å². The molecule has 2 aromatic carbocycles. The minimum Gasteiger partial charge on any atom is -0.507 e. The predicted molar refractivity (Wildman–Crippen MR) is 90.0 cm³/mol. The van der Waals surface area contributed by atoms with Crippen LogP contribution >= 0.6 is 0 Å². The number of phenols is 1. The number of aliphatic hydroxyl groups excluding tert-OH is 3. The molecule has 3 aromatic rings. The van der Waals surface area contributed by atoms with E-state index < -0.39 is 30.0 Å². The first-order chi connectivity index (χ1) is 12.5. The molecule has 0 bridgehead atoms. The first-order valence-corrected chi connectivity index (χ1v) is 7.97. The summed E-state index contributed by atoms with van der Waals surface area (Å²) in [6.07, 6.45) is -5.26. The Morgan fingerprint density at radius 2 is 1.85 bits per heavy atom. The number of hydrogen-bond donors (Lipinski definition) is 4. The monoisotopic (exact) mass is 360 g/mol. The Hall–Kier alpha value is -2.65. The Morgan fingerprint density at radius 3 is 2.65 bits per heavy atom. The van der Waals surface area contributed by atoms with E-state index in [4.69, 9.17) is 13.9 Å². The van der Waals surface area contributed by atoms with E-state index in [1.165, 1.54) is 24.3 Å². The van der Waals surface area contributed by atoms with Crippen LogP contribution in [0.25, 0.3) is 21.9 Å². The SMILES string of the molecule is O=c1c2cc(O[C@@H]3OC[C@H](O)[C@H](O)[C@H]3O)ccc2oc2cccc(O)c12. The van der Waals surface area contributed by atoms with Crippen LogP contribution in [0.4, 0.5) is 0 Å². The molecule has 4 rings (SSSR count). The Kier molecular flexibility index (Phi) is 4.04. The first-order valence-electron chi connectivity index (χ1n) is 7.97. The fraction of sp³-hybridized carbons (Fsp3) is 0.278. The molecule has 0 saturated carbocycles. The quantitative estimate of drug-likeness (QED) is 0.485. The number of hydrogen-bond acceptors (Lipinski definition) is 8. The zero-order valence-corrected chi connectivity index (χ0v) is 13.4. The van der Waals surface area contributed by atoms with Gasteiger partial charge in [0.15, 0.2) is 0 Å². The van der Waals surface area contributed by atoms with Crippen LogP contribution in [0.5, 0.6) is 11.5 Å². The highest BCUT2D eigenvalue weighted by atomic mass is 16.7. The Bertz CT molecular complexity index is 1030. The van der Waals surface area contributed by atoms with Gasteiger partial charge in [-0.3, -0.25) is 4.79 Å². The highest BCUT2D eigenvalue weighted by Crippen LogP contribution is 2.28. The smallest absolute Gasteiger partial charge is 0.228 e. The van der Waals surface area contributed by atoms with Gasteiger partial charge in [-0.15, -0.1) is 0 Å². The van der Waals surface area contributed by atoms with Crippen LogP contribution in [-0.4, -0.2) is 51.6 Å². The van der Waals surface area contributed by atoms with E-state index in [0.29, 0.717) is 5.58 Å². The number of ether oxygens (including phenoxy) is 2. The molecule has 4 atom stereocenters. The summed E-state index contributed by atoms with van der Waals surface area (Å²) in [6.45, 7) is -0.197. The maximum Gasteiger partial charge on any atom is 0.228 e. The van der Waals surface area contributed by atoms with E-state index in [2.05, 4.69) is 0 Å². The van der Waals surface area contributed by atoms with Crippen molar-refractivity contribution in [1.29, 1.82) is 0 Å². The molecule has 0 amide bonds. The number of phenolic OH excluding ortho intramolecular Hbond substituents is 1. The standard InChI is InChI=1S/C18H16O8/c19-10-2-1-3-13-14(10)15(21)9-6-8(4-5-12(9)26-13)25-18-17(23)16(22)11(20)7-24-18/h1-6,11,16-20,22-23H,7H2/t11-,16-,17+,18-/m0/s1. The van der Waals surface area contributed by atoms with Crippen LogP contribution in [-0.2, 0) is 4.74 Å². The topological polar surface area (TPSA) is 130 Å². The lowest BCUT2D eigenvalue weighted by molar-refractivity contribution is -0.242. The van der Waals surface area contributed by atoms with Gasteiger partial charge in [-0.1, -0.05) is 6.07 Å². The summed E-state index contributed by atoms with van der Waals surface area (Å²) in [5.41, 5.74) is 0.144. The van der Waals surface area contributed by atoms with Crippen molar-refractivity contribution in [3.05, 3.63) is 46.6 Å². The van der Waals surface area contributed by atoms with Gasteiger partial charge in [0.2, 0.25) is 11.7 Å². The molecule has 2 heterocycles. The van der Waals surface area contributed by atoms with Gasteiger partial charge in [0.1, 0.15) is 46.4 Å². The maximum absolute atomic E-state index is 12.7. The van der Waals surface area contributed by atoms with Gasteiger partial charge in [-0.05, 0) is 30.3 Å². The lowest BCUT2D eigenvalue weighted by Gasteiger charge is -2.34. The molecule has 1 fully saturated rings. The van der Waals surface area contributed by atoms with Crippen LogP contribution < -0.4 is 10.2 Å². The average Bonchev–Trinajstić information content (AvgIpc) is 2.63. The summed E-state index contributed by atoms with van der Waals surface area (Å²) >= 11 is 0. The maximum atomic E-state index is 12.7. The van der Waals surface area contributed by atoms with E-state index in [0.717, 1.165) is 0 Å². The Balaban J connectivity index is 1.74.